The highest BCUT2D eigenvalue weighted by molar-refractivity contribution is 5.91. The van der Waals surface area contributed by atoms with E-state index in [1.165, 1.54) is 11.1 Å². The van der Waals surface area contributed by atoms with Crippen molar-refractivity contribution in [1.29, 1.82) is 0 Å². The first-order chi connectivity index (χ1) is 13.9. The van der Waals surface area contributed by atoms with Crippen LogP contribution in [0, 0.1) is 0 Å². The van der Waals surface area contributed by atoms with Crippen molar-refractivity contribution in [3.63, 3.8) is 0 Å². The molecule has 0 aliphatic carbocycles. The third-order valence-electron chi connectivity index (χ3n) is 6.38. The Morgan fingerprint density at radius 2 is 1.97 bits per heavy atom. The Morgan fingerprint density at radius 1 is 1.17 bits per heavy atom. The highest BCUT2D eigenvalue weighted by Crippen LogP contribution is 2.53. The Hall–Kier alpha value is -2.95. The number of hydrogen-bond donors (Lipinski definition) is 1. The van der Waals surface area contributed by atoms with Crippen LogP contribution >= 0.6 is 0 Å². The van der Waals surface area contributed by atoms with Crippen molar-refractivity contribution in [1.82, 2.24) is 5.32 Å². The van der Waals surface area contributed by atoms with E-state index in [4.69, 9.17) is 9.47 Å². The number of nitrogens with one attached hydrogen (secondary N) is 1. The number of benzene rings is 2. The maximum absolute atomic E-state index is 12.5. The minimum atomic E-state index is -0.632. The standard InChI is InChI=1S/C24H28N2O3/c1-6-16-10-11-19-18(14-16)23(2,3)24(25-21(27)15-26(19)24)13-12-17-8-7-9-20(28-4)22(17)29-5/h7-14H,6,15H2,1-5H3,(H,25,27)/t24-/m0/s1. The van der Waals surface area contributed by atoms with Gasteiger partial charge in [-0.25, -0.2) is 0 Å². The SMILES string of the molecule is CCc1ccc2c(c1)C(C)(C)[C@@]1(C=Cc3cccc(OC)c3OC)NC(=O)CN21. The molecule has 5 heteroatoms. The smallest absolute Gasteiger partial charge is 0.241 e. The van der Waals surface area contributed by atoms with Gasteiger partial charge in [0.2, 0.25) is 5.91 Å². The van der Waals surface area contributed by atoms with Crippen molar-refractivity contribution < 1.29 is 14.3 Å². The van der Waals surface area contributed by atoms with E-state index in [-0.39, 0.29) is 11.3 Å². The van der Waals surface area contributed by atoms with Gasteiger partial charge in [-0.2, -0.15) is 0 Å². The molecule has 1 atom stereocenters. The Morgan fingerprint density at radius 3 is 2.66 bits per heavy atom. The number of aryl methyl sites for hydroxylation is 1. The van der Waals surface area contributed by atoms with Crippen molar-refractivity contribution >= 4 is 17.7 Å². The molecule has 0 bridgehead atoms. The summed E-state index contributed by atoms with van der Waals surface area (Å²) < 4.78 is 11.0. The highest BCUT2D eigenvalue weighted by atomic mass is 16.5. The van der Waals surface area contributed by atoms with Gasteiger partial charge in [-0.1, -0.05) is 51.1 Å². The minimum Gasteiger partial charge on any atom is -0.493 e. The van der Waals surface area contributed by atoms with E-state index in [0.29, 0.717) is 18.0 Å². The topological polar surface area (TPSA) is 50.8 Å². The maximum atomic E-state index is 12.5. The molecule has 2 aliphatic heterocycles. The molecule has 2 aliphatic rings. The number of carbonyl (C=O) groups excluding carboxylic acids is 1. The number of ether oxygens (including phenoxy) is 2. The van der Waals surface area contributed by atoms with Crippen LogP contribution in [0.3, 0.4) is 0 Å². The molecule has 0 aromatic heterocycles. The fraction of sp³-hybridized carbons (Fsp3) is 0.375. The van der Waals surface area contributed by atoms with Gasteiger partial charge in [-0.15, -0.1) is 0 Å². The number of rotatable bonds is 5. The summed E-state index contributed by atoms with van der Waals surface area (Å²) in [4.78, 5) is 14.7. The van der Waals surface area contributed by atoms with Gasteiger partial charge in [-0.05, 0) is 35.8 Å². The van der Waals surface area contributed by atoms with Crippen LogP contribution in [0.5, 0.6) is 11.5 Å². The van der Waals surface area contributed by atoms with Gasteiger partial charge in [0, 0.05) is 16.7 Å². The number of nitrogens with zero attached hydrogens (tertiary/aromatic N) is 1. The van der Waals surface area contributed by atoms with E-state index >= 15 is 0 Å². The molecule has 0 radical (unpaired) electrons. The van der Waals surface area contributed by atoms with Gasteiger partial charge in [0.05, 0.1) is 20.8 Å². The first-order valence-electron chi connectivity index (χ1n) is 10.00. The number of fused-ring (bicyclic) bond motifs is 3. The van der Waals surface area contributed by atoms with E-state index in [1.54, 1.807) is 14.2 Å². The van der Waals surface area contributed by atoms with Crippen LogP contribution in [0.15, 0.2) is 42.5 Å². The molecule has 2 aromatic rings. The number of para-hydroxylation sites is 1. The summed E-state index contributed by atoms with van der Waals surface area (Å²) in [6.07, 6.45) is 5.11. The summed E-state index contributed by atoms with van der Waals surface area (Å²) in [6, 6.07) is 12.4. The average Bonchev–Trinajstić information content (AvgIpc) is 3.15. The monoisotopic (exact) mass is 392 g/mol. The first-order valence-corrected chi connectivity index (χ1v) is 10.00. The number of carbonyl (C=O) groups is 1. The van der Waals surface area contributed by atoms with Crippen molar-refractivity contribution in [2.45, 2.75) is 38.3 Å². The molecular weight excluding hydrogens is 364 g/mol. The molecule has 5 nitrogen and oxygen atoms in total. The van der Waals surface area contributed by atoms with Crippen LogP contribution in [0.2, 0.25) is 0 Å². The van der Waals surface area contributed by atoms with Crippen molar-refractivity contribution in [3.05, 3.63) is 59.2 Å². The Labute approximate surface area is 172 Å². The maximum Gasteiger partial charge on any atom is 0.241 e. The number of hydrogen-bond acceptors (Lipinski definition) is 4. The van der Waals surface area contributed by atoms with E-state index in [0.717, 1.165) is 17.7 Å². The fourth-order valence-electron chi connectivity index (χ4n) is 4.69. The lowest BCUT2D eigenvalue weighted by Crippen LogP contribution is -2.58. The molecule has 0 spiro atoms. The zero-order chi connectivity index (χ0) is 20.8. The van der Waals surface area contributed by atoms with Crippen LogP contribution in [0.4, 0.5) is 5.69 Å². The first kappa shape index (κ1) is 19.4. The number of methoxy groups -OCH3 is 2. The lowest BCUT2D eigenvalue weighted by Gasteiger charge is -2.40. The van der Waals surface area contributed by atoms with Crippen molar-refractivity contribution in [3.8, 4) is 11.5 Å². The second-order valence-corrected chi connectivity index (χ2v) is 8.15. The van der Waals surface area contributed by atoms with Crippen molar-refractivity contribution in [2.75, 3.05) is 25.7 Å². The van der Waals surface area contributed by atoms with Gasteiger partial charge in [0.15, 0.2) is 11.5 Å². The van der Waals surface area contributed by atoms with Gasteiger partial charge >= 0.3 is 0 Å². The molecule has 1 fully saturated rings. The summed E-state index contributed by atoms with van der Waals surface area (Å²) in [5, 5.41) is 3.27. The molecule has 1 amide bonds. The summed E-state index contributed by atoms with van der Waals surface area (Å²) in [6.45, 7) is 6.91. The molecule has 1 saturated heterocycles. The quantitative estimate of drug-likeness (QED) is 0.838. The van der Waals surface area contributed by atoms with E-state index in [2.05, 4.69) is 55.3 Å². The third kappa shape index (κ3) is 2.71. The van der Waals surface area contributed by atoms with Crippen LogP contribution < -0.4 is 19.7 Å². The summed E-state index contributed by atoms with van der Waals surface area (Å²) in [7, 11) is 3.27. The predicted molar refractivity (Wildman–Crippen MR) is 116 cm³/mol. The van der Waals surface area contributed by atoms with Crippen LogP contribution in [-0.2, 0) is 16.6 Å². The van der Waals surface area contributed by atoms with Crippen LogP contribution in [0.25, 0.3) is 6.08 Å². The molecule has 4 rings (SSSR count). The Bertz CT molecular complexity index is 996. The summed E-state index contributed by atoms with van der Waals surface area (Å²) in [5.41, 5.74) is 3.66. The molecule has 0 saturated carbocycles. The van der Waals surface area contributed by atoms with Gasteiger partial charge in [-0.3, -0.25) is 4.79 Å². The van der Waals surface area contributed by atoms with Gasteiger partial charge in [0.1, 0.15) is 5.66 Å². The Balaban J connectivity index is 1.84. The zero-order valence-corrected chi connectivity index (χ0v) is 17.7. The second-order valence-electron chi connectivity index (χ2n) is 8.15. The molecule has 29 heavy (non-hydrogen) atoms. The number of amides is 1. The zero-order valence-electron chi connectivity index (χ0n) is 17.7. The molecule has 0 unspecified atom stereocenters. The minimum absolute atomic E-state index is 0.0329. The fourth-order valence-corrected chi connectivity index (χ4v) is 4.69. The molecule has 2 aromatic carbocycles. The van der Waals surface area contributed by atoms with Gasteiger partial charge in [0.25, 0.3) is 0 Å². The Kier molecular flexibility index (Phi) is 4.56. The molecular formula is C24H28N2O3. The van der Waals surface area contributed by atoms with Gasteiger partial charge < -0.3 is 19.7 Å². The van der Waals surface area contributed by atoms with E-state index in [1.807, 2.05) is 24.3 Å². The lowest BCUT2D eigenvalue weighted by molar-refractivity contribution is -0.118. The molecule has 152 valence electrons. The molecule has 2 heterocycles. The van der Waals surface area contributed by atoms with Crippen molar-refractivity contribution in [2.24, 2.45) is 0 Å². The summed E-state index contributed by atoms with van der Waals surface area (Å²) >= 11 is 0. The second kappa shape index (κ2) is 6.83. The highest BCUT2D eigenvalue weighted by Gasteiger charge is 2.59. The van der Waals surface area contributed by atoms with E-state index < -0.39 is 5.66 Å². The van der Waals surface area contributed by atoms with E-state index in [9.17, 15) is 4.79 Å². The van der Waals surface area contributed by atoms with Crippen LogP contribution in [-0.4, -0.2) is 32.3 Å². The summed E-state index contributed by atoms with van der Waals surface area (Å²) in [5.74, 6) is 1.40. The predicted octanol–water partition coefficient (Wildman–Crippen LogP) is 3.90. The lowest BCUT2D eigenvalue weighted by atomic mass is 9.75. The number of anilines is 1. The normalized spacial score (nSPS) is 21.8. The van der Waals surface area contributed by atoms with Crippen LogP contribution in [0.1, 0.15) is 37.5 Å². The average molecular weight is 392 g/mol. The molecule has 1 N–H and O–H groups in total. The third-order valence-corrected chi connectivity index (χ3v) is 6.38. The largest absolute Gasteiger partial charge is 0.493 e.